The second-order valence-corrected chi connectivity index (χ2v) is 9.72. The number of halogens is 1. The highest BCUT2D eigenvalue weighted by Gasteiger charge is 2.41. The normalized spacial score (nSPS) is 20.6. The highest BCUT2D eigenvalue weighted by molar-refractivity contribution is 9.10. The van der Waals surface area contributed by atoms with Crippen LogP contribution in [0.25, 0.3) is 0 Å². The molecule has 1 N–H and O–H groups in total. The molecule has 2 aromatic rings. The number of aromatic nitrogens is 1. The Morgan fingerprint density at radius 3 is 2.48 bits per heavy atom. The minimum atomic E-state index is -3.56. The molecule has 2 aliphatic rings. The van der Waals surface area contributed by atoms with Gasteiger partial charge in [-0.25, -0.2) is 12.4 Å². The van der Waals surface area contributed by atoms with Crippen LogP contribution in [0.1, 0.15) is 24.1 Å². The average Bonchev–Trinajstić information content (AvgIpc) is 3.04. The Balaban J connectivity index is 1.77. The lowest BCUT2D eigenvalue weighted by Crippen LogP contribution is -2.53. The van der Waals surface area contributed by atoms with E-state index in [0.717, 1.165) is 54.6 Å². The van der Waals surface area contributed by atoms with Crippen molar-refractivity contribution in [3.63, 3.8) is 0 Å². The summed E-state index contributed by atoms with van der Waals surface area (Å²) in [6.07, 6.45) is 4.49. The molecular weight excluding hydrogens is 402 g/mol. The van der Waals surface area contributed by atoms with Crippen LogP contribution in [0.15, 0.2) is 45.9 Å². The van der Waals surface area contributed by atoms with Gasteiger partial charge in [-0.1, -0.05) is 15.9 Å². The SMILES string of the molecule is CN1CCC2(CC1)NCCc1c2ccn1S(=O)(=O)c1ccc(Br)cc1. The standard InChI is InChI=1S/C18H22BrN3O2S/c1-21-12-8-18(9-13-21)16-7-11-22(17(16)6-10-20-18)25(23,24)15-4-2-14(19)3-5-15/h2-5,7,11,20H,6,8-10,12-13H2,1H3. The highest BCUT2D eigenvalue weighted by atomic mass is 79.9. The van der Waals surface area contributed by atoms with E-state index in [1.54, 1.807) is 30.5 Å². The fraction of sp³-hybridized carbons (Fsp3) is 0.444. The maximum Gasteiger partial charge on any atom is 0.267 e. The zero-order valence-corrected chi connectivity index (χ0v) is 16.6. The summed E-state index contributed by atoms with van der Waals surface area (Å²) in [5.74, 6) is 0. The summed E-state index contributed by atoms with van der Waals surface area (Å²) in [6, 6.07) is 8.84. The molecule has 0 radical (unpaired) electrons. The van der Waals surface area contributed by atoms with E-state index in [-0.39, 0.29) is 5.54 Å². The number of likely N-dealkylation sites (tertiary alicyclic amines) is 1. The van der Waals surface area contributed by atoms with Crippen molar-refractivity contribution >= 4 is 26.0 Å². The Labute approximate surface area is 157 Å². The minimum absolute atomic E-state index is 0.0828. The predicted octanol–water partition coefficient (Wildman–Crippen LogP) is 2.55. The third-order valence-electron chi connectivity index (χ3n) is 5.51. The van der Waals surface area contributed by atoms with E-state index in [1.807, 2.05) is 6.07 Å². The first-order chi connectivity index (χ1) is 11.9. The molecule has 5 nitrogen and oxygen atoms in total. The summed E-state index contributed by atoms with van der Waals surface area (Å²) in [5.41, 5.74) is 2.01. The molecular formula is C18H22BrN3O2S. The zero-order valence-electron chi connectivity index (χ0n) is 14.2. The molecule has 2 aliphatic heterocycles. The molecule has 4 rings (SSSR count). The van der Waals surface area contributed by atoms with E-state index in [2.05, 4.69) is 33.2 Å². The fourth-order valence-electron chi connectivity index (χ4n) is 4.03. The Kier molecular flexibility index (Phi) is 4.30. The lowest BCUT2D eigenvalue weighted by Gasteiger charge is -2.44. The van der Waals surface area contributed by atoms with Gasteiger partial charge in [0.15, 0.2) is 0 Å². The maximum atomic E-state index is 13.1. The van der Waals surface area contributed by atoms with Crippen LogP contribution in [0.5, 0.6) is 0 Å². The number of hydrogen-bond acceptors (Lipinski definition) is 4. The molecule has 3 heterocycles. The van der Waals surface area contributed by atoms with Crippen molar-refractivity contribution in [2.45, 2.75) is 29.7 Å². The second-order valence-electron chi connectivity index (χ2n) is 6.99. The van der Waals surface area contributed by atoms with E-state index in [4.69, 9.17) is 0 Å². The van der Waals surface area contributed by atoms with Crippen molar-refractivity contribution in [1.82, 2.24) is 14.2 Å². The van der Waals surface area contributed by atoms with Gasteiger partial charge in [0.25, 0.3) is 10.0 Å². The summed E-state index contributed by atoms with van der Waals surface area (Å²) in [6.45, 7) is 2.87. The van der Waals surface area contributed by atoms with Gasteiger partial charge in [0.1, 0.15) is 0 Å². The highest BCUT2D eigenvalue weighted by Crippen LogP contribution is 2.38. The molecule has 1 aromatic heterocycles. The summed E-state index contributed by atoms with van der Waals surface area (Å²) >= 11 is 3.36. The first-order valence-corrected chi connectivity index (χ1v) is 10.8. The molecule has 7 heteroatoms. The Hall–Kier alpha value is -1.15. The molecule has 0 saturated carbocycles. The summed E-state index contributed by atoms with van der Waals surface area (Å²) in [5, 5.41) is 3.68. The first-order valence-electron chi connectivity index (χ1n) is 8.58. The molecule has 0 unspecified atom stereocenters. The van der Waals surface area contributed by atoms with E-state index in [9.17, 15) is 8.42 Å². The number of rotatable bonds is 2. The van der Waals surface area contributed by atoms with Gasteiger partial charge in [0.05, 0.1) is 4.90 Å². The monoisotopic (exact) mass is 423 g/mol. The van der Waals surface area contributed by atoms with Gasteiger partial charge in [-0.15, -0.1) is 0 Å². The molecule has 0 aliphatic carbocycles. The molecule has 0 atom stereocenters. The second kappa shape index (κ2) is 6.23. The van der Waals surface area contributed by atoms with Gasteiger partial charge in [0, 0.05) is 34.9 Å². The maximum absolute atomic E-state index is 13.1. The summed E-state index contributed by atoms with van der Waals surface area (Å²) in [7, 11) is -1.42. The van der Waals surface area contributed by atoms with Crippen molar-refractivity contribution in [2.75, 3.05) is 26.7 Å². The predicted molar refractivity (Wildman–Crippen MR) is 101 cm³/mol. The van der Waals surface area contributed by atoms with E-state index in [0.29, 0.717) is 4.90 Å². The van der Waals surface area contributed by atoms with Gasteiger partial charge < -0.3 is 10.2 Å². The number of nitrogens with one attached hydrogen (secondary N) is 1. The first kappa shape index (κ1) is 17.3. The molecule has 1 saturated heterocycles. The Bertz CT molecular complexity index is 882. The average molecular weight is 424 g/mol. The van der Waals surface area contributed by atoms with Gasteiger partial charge in [-0.05, 0) is 68.9 Å². The topological polar surface area (TPSA) is 54.3 Å². The van der Waals surface area contributed by atoms with Gasteiger partial charge in [0.2, 0.25) is 0 Å². The van der Waals surface area contributed by atoms with Crippen LogP contribution in [0.2, 0.25) is 0 Å². The molecule has 1 spiro atoms. The van der Waals surface area contributed by atoms with Gasteiger partial charge >= 0.3 is 0 Å². The number of nitrogens with zero attached hydrogens (tertiary/aromatic N) is 2. The minimum Gasteiger partial charge on any atom is -0.307 e. The van der Waals surface area contributed by atoms with Gasteiger partial charge in [-0.2, -0.15) is 0 Å². The molecule has 134 valence electrons. The molecule has 1 fully saturated rings. The van der Waals surface area contributed by atoms with Crippen LogP contribution < -0.4 is 5.32 Å². The summed E-state index contributed by atoms with van der Waals surface area (Å²) < 4.78 is 28.6. The number of hydrogen-bond donors (Lipinski definition) is 1. The van der Waals surface area contributed by atoms with Crippen molar-refractivity contribution in [1.29, 1.82) is 0 Å². The Morgan fingerprint density at radius 1 is 1.12 bits per heavy atom. The van der Waals surface area contributed by atoms with Crippen LogP contribution in [0, 0.1) is 0 Å². The van der Waals surface area contributed by atoms with Crippen LogP contribution in [0.3, 0.4) is 0 Å². The quantitative estimate of drug-likeness (QED) is 0.806. The number of fused-ring (bicyclic) bond motifs is 2. The molecule has 0 bridgehead atoms. The van der Waals surface area contributed by atoms with Crippen LogP contribution in [0.4, 0.5) is 0 Å². The van der Waals surface area contributed by atoms with E-state index in [1.165, 1.54) is 3.97 Å². The third kappa shape index (κ3) is 2.87. The van der Waals surface area contributed by atoms with Crippen LogP contribution in [-0.2, 0) is 22.0 Å². The summed E-state index contributed by atoms with van der Waals surface area (Å²) in [4.78, 5) is 2.65. The fourth-order valence-corrected chi connectivity index (χ4v) is 5.71. The molecule has 0 amide bonds. The molecule has 1 aromatic carbocycles. The lowest BCUT2D eigenvalue weighted by molar-refractivity contribution is 0.150. The Morgan fingerprint density at radius 2 is 1.80 bits per heavy atom. The van der Waals surface area contributed by atoms with Crippen molar-refractivity contribution in [3.05, 3.63) is 52.3 Å². The number of benzene rings is 1. The molecule has 25 heavy (non-hydrogen) atoms. The van der Waals surface area contributed by atoms with Gasteiger partial charge in [-0.3, -0.25) is 0 Å². The van der Waals surface area contributed by atoms with Crippen molar-refractivity contribution in [2.24, 2.45) is 0 Å². The van der Waals surface area contributed by atoms with Crippen LogP contribution in [-0.4, -0.2) is 44.0 Å². The largest absolute Gasteiger partial charge is 0.307 e. The zero-order chi connectivity index (χ0) is 17.7. The smallest absolute Gasteiger partial charge is 0.267 e. The third-order valence-corrected chi connectivity index (χ3v) is 7.76. The number of piperidine rings is 1. The lowest BCUT2D eigenvalue weighted by atomic mass is 9.78. The van der Waals surface area contributed by atoms with Crippen molar-refractivity contribution in [3.8, 4) is 0 Å². The van der Waals surface area contributed by atoms with E-state index < -0.39 is 10.0 Å². The van der Waals surface area contributed by atoms with Crippen molar-refractivity contribution < 1.29 is 8.42 Å². The van der Waals surface area contributed by atoms with E-state index >= 15 is 0 Å². The van der Waals surface area contributed by atoms with Crippen LogP contribution >= 0.6 is 15.9 Å².